The van der Waals surface area contributed by atoms with Crippen LogP contribution in [0.3, 0.4) is 0 Å². The van der Waals surface area contributed by atoms with E-state index in [0.29, 0.717) is 4.57 Å². The molecule has 650 valence electrons. The minimum Gasteiger partial charge on any atom is -0.309 e. The van der Waals surface area contributed by atoms with E-state index in [0.717, 1.165) is 29.6 Å². The predicted molar refractivity (Wildman–Crippen MR) is 574 cm³/mol. The molecule has 0 saturated carbocycles. The number of benzene rings is 19. The van der Waals surface area contributed by atoms with Crippen LogP contribution in [-0.2, 0) is 5.41 Å². The maximum Gasteiger partial charge on any atom is 0.238 e. The SMILES string of the molecule is [2H]c1c([2H])c(-n2c3c([2H])c([2H])c([2H])c([2H])c3c3c([2H])c(-c4c([2H])c([2H])c5c(c4[2H])c4c([2H])c([2H])c([2H])c([2H])c4n5-c4c([2H])c([2H])c([2H])c5c4sc4c([2H])c(C)c([2H])c([2H])c45)c([2H])c([2H])c32)c([2H])c([2H])c1C#N.[2H]c1c([2H])c([2H])c(-c2nc(-c3c([2H])c([2H])c(C)c([2H])c3[2H])nc(-n3c4c([2H])c([2H])c([2H])c([2H])c4c4c([2H])c5c(c([2H])c43)C(C([2H])([2H])[2H])(C([2H])([2H])[2H])c3c([2H])c([2H])c([2H])c([2H])c3-5)n2)c([2H])c1[2H].[2H]c1c([2H])c([2H])c(-c2nc(-n3c4c([2H])c([2H])c([2H])c([2H])c4c4c([2H])c(-c5c([2H])c([2H])c6c(c5[2H])c5c([2H])c([2H])c([2H])c([2H])c5n6-c5c([2H])c([2H])c([2H])c([2H])c5[2H])c([2H])c([2H])c43)nc3c([2H])c(C)c([2H])c([2H])c23)c([2H])c1[2H]. The lowest BCUT2D eigenvalue weighted by molar-refractivity contribution is 0.661. The van der Waals surface area contributed by atoms with Gasteiger partial charge in [-0.3, -0.25) is 9.13 Å². The van der Waals surface area contributed by atoms with Gasteiger partial charge in [-0.1, -0.05) is 297 Å². The molecule has 1 aliphatic rings. The van der Waals surface area contributed by atoms with Crippen LogP contribution < -0.4 is 0 Å². The van der Waals surface area contributed by atoms with Crippen molar-refractivity contribution in [3.05, 3.63) is 456 Å². The Kier molecular flexibility index (Phi) is 8.17. The summed E-state index contributed by atoms with van der Waals surface area (Å²) in [6.07, 6.45) is 0. The molecular weight excluding hydrogens is 1700 g/mol. The van der Waals surface area contributed by atoms with E-state index < -0.39 is 663 Å². The highest BCUT2D eigenvalue weighted by atomic mass is 32.1. The topological polar surface area (TPSA) is 113 Å². The van der Waals surface area contributed by atoms with Crippen molar-refractivity contribution in [1.82, 2.24) is 47.8 Å². The second-order valence-electron chi connectivity index (χ2n) is 30.3. The van der Waals surface area contributed by atoms with Gasteiger partial charge in [0.25, 0.3) is 0 Å². The quantitative estimate of drug-likeness (QED) is 0.135. The van der Waals surface area contributed by atoms with Crippen LogP contribution in [0.25, 0.3) is 236 Å². The van der Waals surface area contributed by atoms with Crippen molar-refractivity contribution in [1.29, 1.82) is 5.26 Å². The van der Waals surface area contributed by atoms with Gasteiger partial charge in [-0.2, -0.15) is 15.2 Å². The van der Waals surface area contributed by atoms with Crippen molar-refractivity contribution >= 4 is 151 Å². The zero-order valence-electron chi connectivity index (χ0n) is 146. The summed E-state index contributed by atoms with van der Waals surface area (Å²) in [5, 5.41) is 3.50. The fourth-order valence-corrected chi connectivity index (χ4v) is 17.5. The molecule has 0 radical (unpaired) electrons. The Morgan fingerprint density at radius 2 is 0.688 bits per heavy atom. The second kappa shape index (κ2) is 32.3. The molecule has 0 unspecified atom stereocenters. The summed E-state index contributed by atoms with van der Waals surface area (Å²) >= 11 is 0.786. The van der Waals surface area contributed by atoms with Gasteiger partial charge in [0.2, 0.25) is 11.9 Å². The second-order valence-corrected chi connectivity index (χ2v) is 31.4. The maximum absolute atomic E-state index is 9.91. The third kappa shape index (κ3) is 13.2. The van der Waals surface area contributed by atoms with Crippen molar-refractivity contribution in [2.75, 3.05) is 0 Å². The van der Waals surface area contributed by atoms with Crippen molar-refractivity contribution in [3.63, 3.8) is 0 Å². The van der Waals surface area contributed by atoms with Crippen LogP contribution in [0.2, 0.25) is 0 Å². The lowest BCUT2D eigenvalue weighted by atomic mass is 9.82. The number of fused-ring (bicyclic) bond motifs is 22. The van der Waals surface area contributed by atoms with E-state index in [-0.39, 0.29) is 48.9 Å². The molecule has 0 spiro atoms. The Labute approximate surface area is 906 Å². The fourth-order valence-electron chi connectivity index (χ4n) is 16.3. The zero-order valence-corrected chi connectivity index (χ0v) is 70.6. The molecule has 12 heteroatoms. The van der Waals surface area contributed by atoms with Gasteiger partial charge in [0.1, 0.15) is 0 Å². The third-order valence-electron chi connectivity index (χ3n) is 22.2. The molecular formula is C126H85N11S. The van der Waals surface area contributed by atoms with Gasteiger partial charge in [-0.25, -0.2) is 15.0 Å². The van der Waals surface area contributed by atoms with E-state index in [4.69, 9.17) is 78.1 Å². The molecule has 8 aromatic heterocycles. The van der Waals surface area contributed by atoms with Crippen LogP contribution in [0.1, 0.15) is 151 Å². The van der Waals surface area contributed by atoms with Crippen LogP contribution in [0.5, 0.6) is 0 Å². The van der Waals surface area contributed by atoms with Crippen LogP contribution in [0, 0.1) is 32.1 Å². The van der Waals surface area contributed by atoms with Gasteiger partial charge in [-0.15, -0.1) is 11.3 Å². The van der Waals surface area contributed by atoms with E-state index in [9.17, 15) is 31.3 Å². The van der Waals surface area contributed by atoms with E-state index in [1.807, 2.05) is 0 Å². The van der Waals surface area contributed by atoms with Gasteiger partial charge in [0, 0.05) is 116 Å². The first-order chi connectivity index (χ1) is 99.6. The number of thiophene rings is 1. The summed E-state index contributed by atoms with van der Waals surface area (Å²) in [5.41, 5.74) is -21.9. The molecule has 0 bridgehead atoms. The summed E-state index contributed by atoms with van der Waals surface area (Å²) in [5.74, 6) is -3.26. The summed E-state index contributed by atoms with van der Waals surface area (Å²) in [6, 6.07) is -56.8. The Balaban J connectivity index is 0.000000149. The normalized spacial score (nSPS) is 20.2. The van der Waals surface area contributed by atoms with Crippen LogP contribution >= 0.6 is 11.3 Å². The molecule has 0 aliphatic heterocycles. The molecule has 0 fully saturated rings. The van der Waals surface area contributed by atoms with Crippen molar-refractivity contribution < 1.29 is 104 Å². The van der Waals surface area contributed by atoms with E-state index in [1.54, 1.807) is 6.07 Å². The minimum absolute atomic E-state index is 0.0769. The van der Waals surface area contributed by atoms with Crippen molar-refractivity contribution in [2.24, 2.45) is 0 Å². The number of hydrogen-bond donors (Lipinski definition) is 0. The highest BCUT2D eigenvalue weighted by Crippen LogP contribution is 2.52. The first kappa shape index (κ1) is 34.9. The third-order valence-corrected chi connectivity index (χ3v) is 23.4. The Morgan fingerprint density at radius 1 is 0.275 bits per heavy atom. The van der Waals surface area contributed by atoms with Gasteiger partial charge in [0.15, 0.2) is 11.6 Å². The molecule has 0 saturated heterocycles. The van der Waals surface area contributed by atoms with Gasteiger partial charge >= 0.3 is 0 Å². The maximum atomic E-state index is 9.91. The number of para-hydroxylation sites is 6. The monoisotopic (exact) mass is 1860 g/mol. The van der Waals surface area contributed by atoms with Crippen molar-refractivity contribution in [3.8, 4) is 102 Å². The number of nitrogens with zero attached hydrogens (tertiary/aromatic N) is 11. The summed E-state index contributed by atoms with van der Waals surface area (Å²) in [7, 11) is 0. The summed E-state index contributed by atoms with van der Waals surface area (Å²) in [6.45, 7) is -3.58. The zero-order chi connectivity index (χ0) is 158. The van der Waals surface area contributed by atoms with E-state index in [1.165, 1.54) is 20.8 Å². The van der Waals surface area contributed by atoms with Gasteiger partial charge in [-0.05, 0) is 221 Å². The minimum atomic E-state index is -3.82. The Morgan fingerprint density at radius 3 is 1.24 bits per heavy atom. The summed E-state index contributed by atoms with van der Waals surface area (Å²) < 4.78 is 683. The predicted octanol–water partition coefficient (Wildman–Crippen LogP) is 32.5. The van der Waals surface area contributed by atoms with Crippen LogP contribution in [-0.4, -0.2) is 47.8 Å². The number of hydrogen-bond acceptors (Lipinski definition) is 7. The molecule has 0 atom stereocenters. The van der Waals surface area contributed by atoms with E-state index >= 15 is 0 Å². The smallest absolute Gasteiger partial charge is 0.238 e. The molecule has 19 aromatic carbocycles. The number of rotatable bonds is 10. The largest absolute Gasteiger partial charge is 0.309 e. The lowest BCUT2D eigenvalue weighted by Gasteiger charge is -2.21. The Hall–Kier alpha value is -17.8. The van der Waals surface area contributed by atoms with Crippen LogP contribution in [0.15, 0.2) is 423 Å². The van der Waals surface area contributed by atoms with Crippen molar-refractivity contribution in [2.45, 2.75) is 39.9 Å². The van der Waals surface area contributed by atoms with Gasteiger partial charge in [0.05, 0.1) is 184 Å². The Bertz CT molecular complexity index is 14400. The average Bonchev–Trinajstić information content (AvgIpc) is 1.48. The molecule has 28 rings (SSSR count). The molecule has 27 aromatic rings. The number of nitriles is 1. The van der Waals surface area contributed by atoms with Gasteiger partial charge < -0.3 is 13.7 Å². The standard InChI is InChI=1S/C45H30N4.C44H27N3S.C37H28N4/c1-29-20-23-36-39(26-29)46-45(47-44(36)30-12-4-2-5-13-30)49-41-19-11-9-17-35(41)38-28-32(22-25-43(38)49)31-21-24-42-37(27-31)34-16-8-10-18-40(34)48(42)33-14-6-3-7-15-33;1-27-13-20-34-35-9-6-12-42(44(35)48-43(34)23-27)47-39-11-5-3-8-33(39)37-25-30(17-22-41(37)47)29-16-21-40-36(24-29)32-7-2-4-10-38(32)46(40)31-18-14-28(26-45)15-19-31;1-23-17-19-25(20-18-23)35-38-34(24-11-5-4-6-12-24)39-36(40-35)41-32-16-10-8-14-27(32)29-21-28-26-13-7-9-15-30(26)37(2,3)31(28)22-33(29)41/h2-28H,1H3;2-25H,1H3;4-22H,1-3H3/i2D,3D,4D,5D,6D,7D,8D,9D,10D,11D,12D,13D,14D,15D,16D,17D,18D,19D,20D,21D,22D,23D,24D,25D,26D,27D,28D;2D,3D,4D,5D,6D,7D,8D,9D,10D,11D,12D,13D,14D,15D,16D,17D,18D,19D,20D,21D,22D,23D,24D,25D;2D3,3D3,4D,5D,6D,7D,8D,9D,10D,11D,12D,13D,14D,15D,16D,17D,18D,19D,20D,21D,22D. The van der Waals surface area contributed by atoms with E-state index in [2.05, 4.69) is 24.9 Å². The first-order valence-electron chi connectivity index (χ1n) is 78.7. The average molecular weight is 1860 g/mol. The summed E-state index contributed by atoms with van der Waals surface area (Å²) in [4.78, 5) is 22.1. The molecule has 11 nitrogen and oxygen atoms in total. The molecule has 0 N–H and O–H groups in total. The highest BCUT2D eigenvalue weighted by molar-refractivity contribution is 7.26. The number of aromatic nitrogens is 10. The van der Waals surface area contributed by atoms with Crippen LogP contribution in [0.4, 0.5) is 0 Å². The molecule has 1 aliphatic carbocycles. The fraction of sp³-hybridized carbons (Fsp3) is 0.0476. The first-order valence-corrected chi connectivity index (χ1v) is 41.5. The molecule has 0 amide bonds. The lowest BCUT2D eigenvalue weighted by Crippen LogP contribution is -2.15. The highest BCUT2D eigenvalue weighted by Gasteiger charge is 2.37. The molecule has 8 heterocycles. The molecule has 138 heavy (non-hydrogen) atoms.